The summed E-state index contributed by atoms with van der Waals surface area (Å²) >= 11 is 0. The van der Waals surface area contributed by atoms with Crippen molar-refractivity contribution >= 4 is 15.7 Å². The van der Waals surface area contributed by atoms with Crippen LogP contribution < -0.4 is 11.1 Å². The SMILES string of the molecule is CC(N)CCCNc1ncccc1S(C)(=O)=O. The van der Waals surface area contributed by atoms with Crippen LogP contribution in [0.1, 0.15) is 19.8 Å². The van der Waals surface area contributed by atoms with Gasteiger partial charge in [0.05, 0.1) is 0 Å². The number of nitrogens with one attached hydrogen (secondary N) is 1. The summed E-state index contributed by atoms with van der Waals surface area (Å²) in [5.74, 6) is 0.416. The van der Waals surface area contributed by atoms with E-state index in [-0.39, 0.29) is 10.9 Å². The number of nitrogens with zero attached hydrogens (tertiary/aromatic N) is 1. The molecule has 3 N–H and O–H groups in total. The molecule has 0 aromatic carbocycles. The summed E-state index contributed by atoms with van der Waals surface area (Å²) < 4.78 is 23.0. The minimum absolute atomic E-state index is 0.162. The van der Waals surface area contributed by atoms with Crippen molar-refractivity contribution in [3.8, 4) is 0 Å². The topological polar surface area (TPSA) is 85.1 Å². The predicted molar refractivity (Wildman–Crippen MR) is 68.7 cm³/mol. The predicted octanol–water partition coefficient (Wildman–Crippen LogP) is 1.02. The quantitative estimate of drug-likeness (QED) is 0.743. The van der Waals surface area contributed by atoms with Crippen molar-refractivity contribution < 1.29 is 8.42 Å². The van der Waals surface area contributed by atoms with Crippen LogP contribution in [-0.2, 0) is 9.84 Å². The van der Waals surface area contributed by atoms with E-state index in [1.165, 1.54) is 6.26 Å². The first-order chi connectivity index (χ1) is 7.91. The second-order valence-electron chi connectivity index (χ2n) is 4.17. The van der Waals surface area contributed by atoms with Gasteiger partial charge in [0, 0.05) is 25.0 Å². The molecule has 6 heteroatoms. The zero-order valence-electron chi connectivity index (χ0n) is 10.2. The fourth-order valence-corrected chi connectivity index (χ4v) is 2.26. The molecule has 1 aromatic rings. The van der Waals surface area contributed by atoms with E-state index >= 15 is 0 Å². The first-order valence-corrected chi connectivity index (χ1v) is 7.45. The van der Waals surface area contributed by atoms with Gasteiger partial charge < -0.3 is 11.1 Å². The third kappa shape index (κ3) is 4.70. The summed E-state index contributed by atoms with van der Waals surface area (Å²) in [6.07, 6.45) is 4.53. The van der Waals surface area contributed by atoms with Crippen molar-refractivity contribution in [2.24, 2.45) is 5.73 Å². The summed E-state index contributed by atoms with van der Waals surface area (Å²) in [6, 6.07) is 3.33. The van der Waals surface area contributed by atoms with Crippen LogP contribution in [0.3, 0.4) is 0 Å². The molecule has 0 aliphatic heterocycles. The second-order valence-corrected chi connectivity index (χ2v) is 6.15. The molecule has 0 amide bonds. The number of rotatable bonds is 6. The summed E-state index contributed by atoms with van der Waals surface area (Å²) in [7, 11) is -3.24. The molecule has 96 valence electrons. The maximum absolute atomic E-state index is 11.5. The molecule has 0 saturated heterocycles. The molecule has 0 saturated carbocycles. The summed E-state index contributed by atoms with van der Waals surface area (Å²) in [6.45, 7) is 2.61. The average Bonchev–Trinajstić information content (AvgIpc) is 2.23. The minimum Gasteiger partial charge on any atom is -0.369 e. The largest absolute Gasteiger partial charge is 0.369 e. The summed E-state index contributed by atoms with van der Waals surface area (Å²) in [5, 5.41) is 3.03. The van der Waals surface area contributed by atoms with Gasteiger partial charge in [-0.1, -0.05) is 0 Å². The van der Waals surface area contributed by atoms with E-state index in [1.807, 2.05) is 6.92 Å². The zero-order chi connectivity index (χ0) is 12.9. The van der Waals surface area contributed by atoms with Crippen molar-refractivity contribution in [2.45, 2.75) is 30.7 Å². The number of sulfone groups is 1. The molecule has 5 nitrogen and oxygen atoms in total. The van der Waals surface area contributed by atoms with Gasteiger partial charge in [-0.2, -0.15) is 0 Å². The molecule has 1 heterocycles. The maximum atomic E-state index is 11.5. The Labute approximate surface area is 102 Å². The lowest BCUT2D eigenvalue weighted by atomic mass is 10.2. The molecular weight excluding hydrogens is 238 g/mol. The van der Waals surface area contributed by atoms with E-state index in [0.29, 0.717) is 12.4 Å². The molecule has 1 unspecified atom stereocenters. The fraction of sp³-hybridized carbons (Fsp3) is 0.545. The Hall–Kier alpha value is -1.14. The van der Waals surface area contributed by atoms with E-state index in [2.05, 4.69) is 10.3 Å². The molecule has 1 aromatic heterocycles. The van der Waals surface area contributed by atoms with Crippen LogP contribution >= 0.6 is 0 Å². The number of aromatic nitrogens is 1. The standard InChI is InChI=1S/C11H19N3O2S/c1-9(12)5-3-7-13-11-10(17(2,15)16)6-4-8-14-11/h4,6,8-9H,3,5,7,12H2,1-2H3,(H,13,14). The van der Waals surface area contributed by atoms with Gasteiger partial charge in [-0.05, 0) is 31.9 Å². The van der Waals surface area contributed by atoms with Crippen molar-refractivity contribution in [2.75, 3.05) is 18.1 Å². The number of hydrogen-bond acceptors (Lipinski definition) is 5. The number of anilines is 1. The van der Waals surface area contributed by atoms with Gasteiger partial charge in [0.25, 0.3) is 0 Å². The Morgan fingerprint density at radius 1 is 1.53 bits per heavy atom. The molecule has 0 aliphatic carbocycles. The highest BCUT2D eigenvalue weighted by atomic mass is 32.2. The first-order valence-electron chi connectivity index (χ1n) is 5.56. The Kier molecular flexibility index (Phi) is 4.89. The number of nitrogens with two attached hydrogens (primary N) is 1. The van der Waals surface area contributed by atoms with Crippen molar-refractivity contribution in [1.82, 2.24) is 4.98 Å². The van der Waals surface area contributed by atoms with Gasteiger partial charge in [0.1, 0.15) is 10.7 Å². The van der Waals surface area contributed by atoms with Crippen LogP contribution in [0.4, 0.5) is 5.82 Å². The molecule has 0 radical (unpaired) electrons. The van der Waals surface area contributed by atoms with Crippen LogP contribution in [0.5, 0.6) is 0 Å². The molecule has 17 heavy (non-hydrogen) atoms. The molecule has 0 bridgehead atoms. The smallest absolute Gasteiger partial charge is 0.179 e. The third-order valence-corrected chi connectivity index (χ3v) is 3.43. The van der Waals surface area contributed by atoms with Crippen molar-refractivity contribution in [3.05, 3.63) is 18.3 Å². The van der Waals surface area contributed by atoms with E-state index in [0.717, 1.165) is 12.8 Å². The normalized spacial score (nSPS) is 13.4. The van der Waals surface area contributed by atoms with Gasteiger partial charge in [0.2, 0.25) is 0 Å². The molecule has 0 aliphatic rings. The highest BCUT2D eigenvalue weighted by Gasteiger charge is 2.13. The van der Waals surface area contributed by atoms with E-state index in [9.17, 15) is 8.42 Å². The van der Waals surface area contributed by atoms with Crippen LogP contribution in [0.2, 0.25) is 0 Å². The van der Waals surface area contributed by atoms with Gasteiger partial charge in [-0.3, -0.25) is 0 Å². The van der Waals surface area contributed by atoms with Gasteiger partial charge in [-0.15, -0.1) is 0 Å². The van der Waals surface area contributed by atoms with E-state index < -0.39 is 9.84 Å². The third-order valence-electron chi connectivity index (χ3n) is 2.30. The molecule has 1 atom stereocenters. The molecule has 1 rings (SSSR count). The van der Waals surface area contributed by atoms with Crippen LogP contribution in [0.15, 0.2) is 23.2 Å². The lowest BCUT2D eigenvalue weighted by Gasteiger charge is -2.10. The second kappa shape index (κ2) is 5.97. The summed E-state index contributed by atoms with van der Waals surface area (Å²) in [5.41, 5.74) is 5.63. The zero-order valence-corrected chi connectivity index (χ0v) is 11.0. The first kappa shape index (κ1) is 13.9. The lowest BCUT2D eigenvalue weighted by molar-refractivity contribution is 0.601. The van der Waals surface area contributed by atoms with Crippen LogP contribution in [0, 0.1) is 0 Å². The Balaban J connectivity index is 2.65. The highest BCUT2D eigenvalue weighted by Crippen LogP contribution is 2.17. The fourth-order valence-electron chi connectivity index (χ4n) is 1.45. The monoisotopic (exact) mass is 257 g/mol. The van der Waals surface area contributed by atoms with Crippen LogP contribution in [0.25, 0.3) is 0 Å². The highest BCUT2D eigenvalue weighted by molar-refractivity contribution is 7.90. The summed E-state index contributed by atoms with van der Waals surface area (Å²) in [4.78, 5) is 4.28. The Morgan fingerprint density at radius 2 is 2.24 bits per heavy atom. The Morgan fingerprint density at radius 3 is 2.82 bits per heavy atom. The van der Waals surface area contributed by atoms with Gasteiger partial charge in [0.15, 0.2) is 9.84 Å². The maximum Gasteiger partial charge on any atom is 0.179 e. The van der Waals surface area contributed by atoms with Crippen molar-refractivity contribution in [1.29, 1.82) is 0 Å². The van der Waals surface area contributed by atoms with E-state index in [1.54, 1.807) is 18.3 Å². The Bertz CT molecular complexity index is 458. The van der Waals surface area contributed by atoms with Crippen LogP contribution in [-0.4, -0.2) is 32.2 Å². The van der Waals surface area contributed by atoms with Gasteiger partial charge in [-0.25, -0.2) is 13.4 Å². The molecule has 0 fully saturated rings. The molecule has 0 spiro atoms. The number of hydrogen-bond donors (Lipinski definition) is 2. The van der Waals surface area contributed by atoms with Gasteiger partial charge >= 0.3 is 0 Å². The van der Waals surface area contributed by atoms with E-state index in [4.69, 9.17) is 5.73 Å². The van der Waals surface area contributed by atoms with Crippen molar-refractivity contribution in [3.63, 3.8) is 0 Å². The minimum atomic E-state index is -3.24. The lowest BCUT2D eigenvalue weighted by Crippen LogP contribution is -2.16. The average molecular weight is 257 g/mol. The number of pyridine rings is 1. The molecular formula is C11H19N3O2S.